The van der Waals surface area contributed by atoms with Gasteiger partial charge in [0.15, 0.2) is 5.69 Å². The molecule has 5 nitrogen and oxygen atoms in total. The minimum atomic E-state index is -0.00157. The smallest absolute Gasteiger partial charge is 0.275 e. The normalized spacial score (nSPS) is 15.7. The van der Waals surface area contributed by atoms with Gasteiger partial charge >= 0.3 is 0 Å². The second kappa shape index (κ2) is 4.10. The largest absolute Gasteiger partial charge is 0.335 e. The minimum Gasteiger partial charge on any atom is -0.335 e. The number of nitrogens with one attached hydrogen (secondary N) is 1. The van der Waals surface area contributed by atoms with Gasteiger partial charge in [-0.1, -0.05) is 18.2 Å². The van der Waals surface area contributed by atoms with Crippen LogP contribution in [0.1, 0.15) is 10.5 Å². The van der Waals surface area contributed by atoms with E-state index in [2.05, 4.69) is 10.4 Å². The fourth-order valence-corrected chi connectivity index (χ4v) is 2.25. The van der Waals surface area contributed by atoms with E-state index in [1.165, 1.54) is 0 Å². The van der Waals surface area contributed by atoms with Gasteiger partial charge in [0.25, 0.3) is 5.91 Å². The Morgan fingerprint density at radius 3 is 2.83 bits per heavy atom. The highest BCUT2D eigenvalue weighted by atomic mass is 16.2. The summed E-state index contributed by atoms with van der Waals surface area (Å²) in [4.78, 5) is 14.2. The van der Waals surface area contributed by atoms with Crippen molar-refractivity contribution in [2.45, 2.75) is 6.04 Å². The molecule has 1 aliphatic rings. The minimum absolute atomic E-state index is 0.00157. The lowest BCUT2D eigenvalue weighted by Gasteiger charge is -2.35. The Morgan fingerprint density at radius 2 is 2.17 bits per heavy atom. The number of para-hydroxylation sites is 1. The molecule has 2 aromatic rings. The molecular formula is C13H16N4O. The summed E-state index contributed by atoms with van der Waals surface area (Å²) in [5.74, 6) is -0.00157. The first-order valence-corrected chi connectivity index (χ1v) is 6.08. The van der Waals surface area contributed by atoms with Crippen LogP contribution in [0.4, 0.5) is 0 Å². The zero-order chi connectivity index (χ0) is 12.7. The van der Waals surface area contributed by atoms with Gasteiger partial charge in [-0.15, -0.1) is 0 Å². The fourth-order valence-electron chi connectivity index (χ4n) is 2.25. The van der Waals surface area contributed by atoms with Crippen molar-refractivity contribution in [3.8, 4) is 0 Å². The zero-order valence-electron chi connectivity index (χ0n) is 10.6. The van der Waals surface area contributed by atoms with Gasteiger partial charge in [0.2, 0.25) is 0 Å². The molecule has 0 bridgehead atoms. The van der Waals surface area contributed by atoms with E-state index in [9.17, 15) is 4.79 Å². The summed E-state index contributed by atoms with van der Waals surface area (Å²) >= 11 is 0. The van der Waals surface area contributed by atoms with E-state index < -0.39 is 0 Å². The Hall–Kier alpha value is -1.88. The van der Waals surface area contributed by atoms with Crippen LogP contribution in [0.15, 0.2) is 24.3 Å². The number of rotatable bonds is 2. The molecule has 1 saturated heterocycles. The molecule has 18 heavy (non-hydrogen) atoms. The summed E-state index contributed by atoms with van der Waals surface area (Å²) in [7, 11) is 3.71. The maximum Gasteiger partial charge on any atom is 0.275 e. The monoisotopic (exact) mass is 244 g/mol. The van der Waals surface area contributed by atoms with Crippen LogP contribution in [-0.4, -0.2) is 46.8 Å². The van der Waals surface area contributed by atoms with Gasteiger partial charge < -0.3 is 10.2 Å². The van der Waals surface area contributed by atoms with Crippen LogP contribution < -0.4 is 5.32 Å². The lowest BCUT2D eigenvalue weighted by Crippen LogP contribution is -2.57. The average Bonchev–Trinajstić information content (AvgIpc) is 2.64. The molecule has 0 spiro atoms. The lowest BCUT2D eigenvalue weighted by atomic mass is 10.1. The molecule has 5 heteroatoms. The molecule has 94 valence electrons. The molecule has 1 N–H and O–H groups in total. The number of hydrogen-bond donors (Lipinski definition) is 1. The summed E-state index contributed by atoms with van der Waals surface area (Å²) in [6.45, 7) is 1.74. The van der Waals surface area contributed by atoms with Gasteiger partial charge in [0.05, 0.1) is 11.6 Å². The molecule has 1 aromatic heterocycles. The van der Waals surface area contributed by atoms with E-state index in [1.54, 1.807) is 9.58 Å². The number of nitrogens with zero attached hydrogens (tertiary/aromatic N) is 3. The predicted octanol–water partition coefficient (Wildman–Crippen LogP) is 0.617. The van der Waals surface area contributed by atoms with Gasteiger partial charge in [0.1, 0.15) is 0 Å². The van der Waals surface area contributed by atoms with Crippen molar-refractivity contribution >= 4 is 16.8 Å². The van der Waals surface area contributed by atoms with Crippen molar-refractivity contribution < 1.29 is 4.79 Å². The van der Waals surface area contributed by atoms with Gasteiger partial charge in [-0.2, -0.15) is 5.10 Å². The topological polar surface area (TPSA) is 50.2 Å². The van der Waals surface area contributed by atoms with Gasteiger partial charge in [-0.3, -0.25) is 9.48 Å². The molecule has 0 atom stereocenters. The highest BCUT2D eigenvalue weighted by Crippen LogP contribution is 2.19. The van der Waals surface area contributed by atoms with Crippen molar-refractivity contribution in [2.24, 2.45) is 7.05 Å². The third-order valence-corrected chi connectivity index (χ3v) is 3.59. The van der Waals surface area contributed by atoms with E-state index in [-0.39, 0.29) is 5.91 Å². The second-order valence-electron chi connectivity index (χ2n) is 4.72. The number of carbonyl (C=O) groups is 1. The van der Waals surface area contributed by atoms with E-state index in [4.69, 9.17) is 0 Å². The van der Waals surface area contributed by atoms with Crippen molar-refractivity contribution in [1.82, 2.24) is 20.0 Å². The molecule has 0 unspecified atom stereocenters. The van der Waals surface area contributed by atoms with E-state index in [0.29, 0.717) is 11.7 Å². The summed E-state index contributed by atoms with van der Waals surface area (Å²) < 4.78 is 1.76. The number of carbonyl (C=O) groups excluding carboxylic acids is 1. The van der Waals surface area contributed by atoms with E-state index >= 15 is 0 Å². The Labute approximate surface area is 105 Å². The number of amides is 1. The van der Waals surface area contributed by atoms with Crippen molar-refractivity contribution in [3.05, 3.63) is 30.0 Å². The quantitative estimate of drug-likeness (QED) is 0.842. The fraction of sp³-hybridized carbons (Fsp3) is 0.385. The first-order chi connectivity index (χ1) is 8.68. The molecular weight excluding hydrogens is 228 g/mol. The molecule has 1 fully saturated rings. The van der Waals surface area contributed by atoms with E-state index in [1.807, 2.05) is 38.4 Å². The molecule has 1 amide bonds. The predicted molar refractivity (Wildman–Crippen MR) is 69.5 cm³/mol. The second-order valence-corrected chi connectivity index (χ2v) is 4.72. The zero-order valence-corrected chi connectivity index (χ0v) is 10.6. The van der Waals surface area contributed by atoms with Crippen LogP contribution >= 0.6 is 0 Å². The lowest BCUT2D eigenvalue weighted by molar-refractivity contribution is 0.0676. The van der Waals surface area contributed by atoms with Crippen LogP contribution in [0.5, 0.6) is 0 Å². The van der Waals surface area contributed by atoms with Crippen molar-refractivity contribution in [3.63, 3.8) is 0 Å². The first kappa shape index (κ1) is 11.2. The van der Waals surface area contributed by atoms with Crippen LogP contribution in [0.3, 0.4) is 0 Å². The summed E-state index contributed by atoms with van der Waals surface area (Å²) in [6, 6.07) is 8.11. The number of likely N-dealkylation sites (N-methyl/N-ethyl adjacent to an activating group) is 1. The van der Waals surface area contributed by atoms with Crippen LogP contribution in [0.2, 0.25) is 0 Å². The maximum absolute atomic E-state index is 12.4. The SMILES string of the molecule is CN(C(=O)c1nn(C)c2ccccc12)C1CNC1. The maximum atomic E-state index is 12.4. The van der Waals surface area contributed by atoms with Gasteiger partial charge in [0, 0.05) is 32.6 Å². The number of benzene rings is 1. The molecule has 0 aliphatic carbocycles. The highest BCUT2D eigenvalue weighted by molar-refractivity contribution is 6.04. The summed E-state index contributed by atoms with van der Waals surface area (Å²) in [6.07, 6.45) is 0. The average molecular weight is 244 g/mol. The van der Waals surface area contributed by atoms with Gasteiger partial charge in [-0.25, -0.2) is 0 Å². The van der Waals surface area contributed by atoms with Gasteiger partial charge in [-0.05, 0) is 6.07 Å². The standard InChI is InChI=1S/C13H16N4O/c1-16(9-7-14-8-9)13(18)12-10-5-3-4-6-11(10)17(2)15-12/h3-6,9,14H,7-8H2,1-2H3. The third kappa shape index (κ3) is 1.59. The Balaban J connectivity index is 2.00. The molecule has 1 aromatic carbocycles. The number of hydrogen-bond acceptors (Lipinski definition) is 3. The molecule has 2 heterocycles. The Bertz CT molecular complexity index is 600. The van der Waals surface area contributed by atoms with Crippen LogP contribution in [-0.2, 0) is 7.05 Å². The summed E-state index contributed by atoms with van der Waals surface area (Å²) in [5.41, 5.74) is 1.53. The highest BCUT2D eigenvalue weighted by Gasteiger charge is 2.28. The molecule has 0 saturated carbocycles. The van der Waals surface area contributed by atoms with Crippen molar-refractivity contribution in [2.75, 3.05) is 20.1 Å². The number of aryl methyl sites for hydroxylation is 1. The Kier molecular flexibility index (Phi) is 2.56. The first-order valence-electron chi connectivity index (χ1n) is 6.08. The Morgan fingerprint density at radius 1 is 1.44 bits per heavy atom. The molecule has 3 rings (SSSR count). The van der Waals surface area contributed by atoms with Crippen molar-refractivity contribution in [1.29, 1.82) is 0 Å². The van der Waals surface area contributed by atoms with E-state index in [0.717, 1.165) is 24.0 Å². The van der Waals surface area contributed by atoms with Crippen LogP contribution in [0, 0.1) is 0 Å². The molecule has 1 aliphatic heterocycles. The number of fused-ring (bicyclic) bond motifs is 1. The van der Waals surface area contributed by atoms with Crippen LogP contribution in [0.25, 0.3) is 10.9 Å². The summed E-state index contributed by atoms with van der Waals surface area (Å²) in [5, 5.41) is 8.45. The molecule has 0 radical (unpaired) electrons. The number of aromatic nitrogens is 2. The third-order valence-electron chi connectivity index (χ3n) is 3.59.